The number of benzene rings is 1. The number of aromatic nitrogens is 1. The van der Waals surface area contributed by atoms with Crippen LogP contribution >= 0.6 is 0 Å². The van der Waals surface area contributed by atoms with E-state index in [1.54, 1.807) is 36.6 Å². The number of carbonyl (C=O) groups is 3. The number of hydrogen-bond donors (Lipinski definition) is 1. The van der Waals surface area contributed by atoms with Crippen LogP contribution in [0.15, 0.2) is 71.3 Å². The number of hydrazine groups is 1. The summed E-state index contributed by atoms with van der Waals surface area (Å²) in [6.07, 6.45) is 5.04. The number of nitrogens with one attached hydrogen (secondary N) is 1. The lowest BCUT2D eigenvalue weighted by atomic mass is 9.64. The summed E-state index contributed by atoms with van der Waals surface area (Å²) in [7, 11) is 1.60. The molecular formula is C30H33N3O4. The SMILES string of the molecule is COc1ccccc1C1C2=C(CC(C)(C)CC2=O)N(NC(=O)c2ccncc2)C2=C1C(=O)CC(C)(C)C2. The fraction of sp³-hybridized carbons (Fsp3) is 0.400. The summed E-state index contributed by atoms with van der Waals surface area (Å²) in [5.41, 5.74) is 6.38. The first-order valence-corrected chi connectivity index (χ1v) is 12.7. The van der Waals surface area contributed by atoms with Crippen LogP contribution in [0.1, 0.15) is 75.2 Å². The van der Waals surface area contributed by atoms with Gasteiger partial charge in [-0.2, -0.15) is 0 Å². The van der Waals surface area contributed by atoms with Crippen molar-refractivity contribution in [3.63, 3.8) is 0 Å². The number of amides is 1. The smallest absolute Gasteiger partial charge is 0.270 e. The summed E-state index contributed by atoms with van der Waals surface area (Å²) < 4.78 is 5.70. The number of para-hydroxylation sites is 1. The Hall–Kier alpha value is -3.74. The van der Waals surface area contributed by atoms with Crippen LogP contribution in [-0.2, 0) is 9.59 Å². The van der Waals surface area contributed by atoms with Crippen LogP contribution in [0.25, 0.3) is 0 Å². The monoisotopic (exact) mass is 499 g/mol. The van der Waals surface area contributed by atoms with Crippen molar-refractivity contribution in [3.8, 4) is 5.75 Å². The van der Waals surface area contributed by atoms with Crippen molar-refractivity contribution in [2.24, 2.45) is 10.8 Å². The van der Waals surface area contributed by atoms with Crippen molar-refractivity contribution < 1.29 is 19.1 Å². The van der Waals surface area contributed by atoms with Crippen molar-refractivity contribution >= 4 is 17.5 Å². The fourth-order valence-corrected chi connectivity index (χ4v) is 5.99. The van der Waals surface area contributed by atoms with Crippen LogP contribution in [-0.4, -0.2) is 34.6 Å². The number of rotatable bonds is 4. The number of pyridine rings is 1. The quantitative estimate of drug-likeness (QED) is 0.628. The molecule has 5 rings (SSSR count). The second kappa shape index (κ2) is 8.98. The standard InChI is InChI=1S/C30H33N3O4/c1-29(2)14-20-26(22(34)16-29)25(19-8-6-7-9-24(19)37-5)27-21(15-30(3,4)17-23(27)35)33(20)32-28(36)18-10-12-31-13-11-18/h6-13,25H,14-17H2,1-5H3,(H,32,36). The molecule has 0 atom stereocenters. The Morgan fingerprint density at radius 2 is 1.43 bits per heavy atom. The molecule has 0 unspecified atom stereocenters. The van der Waals surface area contributed by atoms with Crippen molar-refractivity contribution in [3.05, 3.63) is 82.5 Å². The molecule has 0 saturated carbocycles. The highest BCUT2D eigenvalue weighted by Gasteiger charge is 2.50. The zero-order valence-corrected chi connectivity index (χ0v) is 22.1. The van der Waals surface area contributed by atoms with E-state index in [4.69, 9.17) is 4.74 Å². The van der Waals surface area contributed by atoms with Gasteiger partial charge in [-0.3, -0.25) is 29.8 Å². The fourth-order valence-electron chi connectivity index (χ4n) is 5.99. The van der Waals surface area contributed by atoms with Gasteiger partial charge in [0, 0.05) is 64.8 Å². The Morgan fingerprint density at radius 3 is 1.97 bits per heavy atom. The number of ketones is 2. The predicted octanol–water partition coefficient (Wildman–Crippen LogP) is 5.12. The first-order chi connectivity index (χ1) is 17.5. The van der Waals surface area contributed by atoms with Gasteiger partial charge >= 0.3 is 0 Å². The summed E-state index contributed by atoms with van der Waals surface area (Å²) in [5, 5.41) is 1.76. The molecule has 2 heterocycles. The second-order valence-corrected chi connectivity index (χ2v) is 11.8. The minimum atomic E-state index is -0.539. The largest absolute Gasteiger partial charge is 0.496 e. The molecular weight excluding hydrogens is 466 g/mol. The van der Waals surface area contributed by atoms with E-state index >= 15 is 0 Å². The first-order valence-electron chi connectivity index (χ1n) is 12.7. The number of hydrogen-bond acceptors (Lipinski definition) is 6. The molecule has 0 radical (unpaired) electrons. The van der Waals surface area contributed by atoms with Crippen molar-refractivity contribution in [1.29, 1.82) is 0 Å². The van der Waals surface area contributed by atoms with E-state index in [0.29, 0.717) is 48.1 Å². The van der Waals surface area contributed by atoms with Crippen LogP contribution in [0.5, 0.6) is 5.75 Å². The normalized spacial score (nSPS) is 20.9. The lowest BCUT2D eigenvalue weighted by Crippen LogP contribution is -2.50. The first kappa shape index (κ1) is 24.9. The summed E-state index contributed by atoms with van der Waals surface area (Å²) in [6, 6.07) is 10.9. The minimum absolute atomic E-state index is 0.00509. The number of nitrogens with zero attached hydrogens (tertiary/aromatic N) is 2. The van der Waals surface area contributed by atoms with E-state index in [9.17, 15) is 14.4 Å². The highest BCUT2D eigenvalue weighted by Crippen LogP contribution is 2.54. The van der Waals surface area contributed by atoms with Crippen molar-refractivity contribution in [2.45, 2.75) is 59.3 Å². The van der Waals surface area contributed by atoms with E-state index in [-0.39, 0.29) is 28.3 Å². The van der Waals surface area contributed by atoms with E-state index in [1.165, 1.54) is 0 Å². The van der Waals surface area contributed by atoms with Gasteiger partial charge in [0.25, 0.3) is 5.91 Å². The molecule has 7 nitrogen and oxygen atoms in total. The molecule has 0 bridgehead atoms. The molecule has 1 aromatic carbocycles. The third-order valence-electron chi connectivity index (χ3n) is 7.52. The van der Waals surface area contributed by atoms with E-state index in [0.717, 1.165) is 17.0 Å². The zero-order chi connectivity index (χ0) is 26.5. The summed E-state index contributed by atoms with van der Waals surface area (Å²) in [4.78, 5) is 45.1. The number of ether oxygens (including phenoxy) is 1. The molecule has 1 N–H and O–H groups in total. The van der Waals surface area contributed by atoms with Crippen molar-refractivity contribution in [1.82, 2.24) is 15.4 Å². The molecule has 1 aromatic heterocycles. The maximum atomic E-state index is 13.9. The number of methoxy groups -OCH3 is 1. The highest BCUT2D eigenvalue weighted by atomic mass is 16.5. The number of Topliss-reactive ketones (excluding diaryl/α,β-unsaturated/α-hetero) is 2. The van der Waals surface area contributed by atoms with Crippen LogP contribution in [0.3, 0.4) is 0 Å². The Balaban J connectivity index is 1.75. The lowest BCUT2D eigenvalue weighted by molar-refractivity contribution is -0.119. The predicted molar refractivity (Wildman–Crippen MR) is 139 cm³/mol. The third kappa shape index (κ3) is 4.47. The molecule has 2 aromatic rings. The molecule has 2 aliphatic carbocycles. The lowest BCUT2D eigenvalue weighted by Gasteiger charge is -2.48. The van der Waals surface area contributed by atoms with E-state index in [2.05, 4.69) is 38.1 Å². The van der Waals surface area contributed by atoms with Gasteiger partial charge in [-0.1, -0.05) is 45.9 Å². The minimum Gasteiger partial charge on any atom is -0.496 e. The van der Waals surface area contributed by atoms with Gasteiger partial charge in [0.15, 0.2) is 11.6 Å². The Bertz CT molecular complexity index is 1300. The second-order valence-electron chi connectivity index (χ2n) is 11.8. The molecule has 192 valence electrons. The Kier molecular flexibility index (Phi) is 6.05. The van der Waals surface area contributed by atoms with E-state index < -0.39 is 5.92 Å². The molecule has 37 heavy (non-hydrogen) atoms. The van der Waals surface area contributed by atoms with Crippen LogP contribution in [0.2, 0.25) is 0 Å². The molecule has 1 aliphatic heterocycles. The molecule has 3 aliphatic rings. The van der Waals surface area contributed by atoms with Gasteiger partial charge in [-0.25, -0.2) is 0 Å². The molecule has 0 fully saturated rings. The summed E-state index contributed by atoms with van der Waals surface area (Å²) >= 11 is 0. The maximum absolute atomic E-state index is 13.9. The average molecular weight is 500 g/mol. The zero-order valence-electron chi connectivity index (χ0n) is 22.1. The molecule has 7 heteroatoms. The Labute approximate surface area is 217 Å². The average Bonchev–Trinajstić information content (AvgIpc) is 2.83. The van der Waals surface area contributed by atoms with E-state index in [1.807, 2.05) is 24.3 Å². The van der Waals surface area contributed by atoms with Gasteiger partial charge in [0.2, 0.25) is 0 Å². The topological polar surface area (TPSA) is 88.6 Å². The van der Waals surface area contributed by atoms with Gasteiger partial charge in [0.1, 0.15) is 5.75 Å². The number of carbonyl (C=O) groups excluding carboxylic acids is 3. The molecule has 0 saturated heterocycles. The highest BCUT2D eigenvalue weighted by molar-refractivity contribution is 6.07. The van der Waals surface area contributed by atoms with Crippen LogP contribution in [0.4, 0.5) is 0 Å². The summed E-state index contributed by atoms with van der Waals surface area (Å²) in [5.74, 6) is -0.231. The van der Waals surface area contributed by atoms with Gasteiger partial charge in [-0.05, 0) is 41.9 Å². The Morgan fingerprint density at radius 1 is 0.892 bits per heavy atom. The molecule has 0 spiro atoms. The van der Waals surface area contributed by atoms with Gasteiger partial charge in [-0.15, -0.1) is 0 Å². The summed E-state index contributed by atoms with van der Waals surface area (Å²) in [6.45, 7) is 8.26. The van der Waals surface area contributed by atoms with Crippen LogP contribution in [0, 0.1) is 10.8 Å². The number of allylic oxidation sites excluding steroid dienone is 4. The van der Waals surface area contributed by atoms with Crippen LogP contribution < -0.4 is 10.2 Å². The van der Waals surface area contributed by atoms with Gasteiger partial charge in [0.05, 0.1) is 7.11 Å². The third-order valence-corrected chi connectivity index (χ3v) is 7.52. The maximum Gasteiger partial charge on any atom is 0.270 e. The van der Waals surface area contributed by atoms with Crippen molar-refractivity contribution in [2.75, 3.05) is 7.11 Å². The van der Waals surface area contributed by atoms with Gasteiger partial charge < -0.3 is 4.74 Å². The molecule has 1 amide bonds.